The van der Waals surface area contributed by atoms with E-state index >= 15 is 0 Å². The number of hydrogen-bond donors (Lipinski definition) is 0. The number of pyridine rings is 1. The van der Waals surface area contributed by atoms with Gasteiger partial charge in [-0.05, 0) is 65.4 Å². The maximum Gasteiger partial charge on any atom is 0.233 e. The quantitative estimate of drug-likeness (QED) is 0.247. The highest BCUT2D eigenvalue weighted by Gasteiger charge is 2.54. The van der Waals surface area contributed by atoms with E-state index in [2.05, 4.69) is 120 Å². The Morgan fingerprint density at radius 2 is 1.35 bits per heavy atom. The minimum atomic E-state index is -2.42. The van der Waals surface area contributed by atoms with Crippen molar-refractivity contribution in [1.82, 2.24) is 4.98 Å². The molecule has 190 valence electrons. The van der Waals surface area contributed by atoms with Crippen molar-refractivity contribution in [1.29, 1.82) is 0 Å². The summed E-state index contributed by atoms with van der Waals surface area (Å²) in [5.74, 6) is 0.935. The van der Waals surface area contributed by atoms with Crippen LogP contribution in [0.3, 0.4) is 0 Å². The van der Waals surface area contributed by atoms with Crippen LogP contribution in [0, 0.1) is 13.8 Å². The molecule has 4 heteroatoms. The first-order valence-electron chi connectivity index (χ1n) is 13.3. The van der Waals surface area contributed by atoms with Crippen molar-refractivity contribution in [2.24, 2.45) is 0 Å². The van der Waals surface area contributed by atoms with Crippen molar-refractivity contribution in [3.8, 4) is 28.3 Å². The van der Waals surface area contributed by atoms with E-state index in [1.165, 1.54) is 16.3 Å². The predicted molar refractivity (Wildman–Crippen MR) is 156 cm³/mol. The molecule has 3 nitrogen and oxygen atoms in total. The topological polar surface area (TPSA) is 31.4 Å². The van der Waals surface area contributed by atoms with Gasteiger partial charge in [0.15, 0.2) is 0 Å². The third-order valence-electron chi connectivity index (χ3n) is 7.86. The van der Waals surface area contributed by atoms with Crippen LogP contribution in [0.4, 0.5) is 0 Å². The van der Waals surface area contributed by atoms with Gasteiger partial charge in [0.1, 0.15) is 5.75 Å². The van der Waals surface area contributed by atoms with Gasteiger partial charge >= 0.3 is 0 Å². The van der Waals surface area contributed by atoms with E-state index in [1.54, 1.807) is 7.11 Å². The second kappa shape index (κ2) is 9.92. The largest absolute Gasteiger partial charge is 0.496 e. The van der Waals surface area contributed by atoms with Crippen molar-refractivity contribution >= 4 is 13.5 Å². The first-order chi connectivity index (χ1) is 17.8. The molecule has 0 spiro atoms. The third-order valence-corrected chi connectivity index (χ3v) is 13.2. The number of benzene rings is 3. The molecule has 0 aliphatic carbocycles. The second-order valence-corrected chi connectivity index (χ2v) is 15.5. The fourth-order valence-electron chi connectivity index (χ4n) is 6.26. The van der Waals surface area contributed by atoms with Gasteiger partial charge in [0, 0.05) is 16.3 Å². The van der Waals surface area contributed by atoms with Gasteiger partial charge < -0.3 is 9.16 Å². The van der Waals surface area contributed by atoms with Crippen LogP contribution in [0.1, 0.15) is 56.1 Å². The zero-order valence-corrected chi connectivity index (χ0v) is 24.0. The van der Waals surface area contributed by atoms with E-state index in [1.807, 2.05) is 0 Å². The molecule has 5 rings (SSSR count). The molecular weight excluding hydrogens is 470 g/mol. The summed E-state index contributed by atoms with van der Waals surface area (Å²) in [7, 11) is -0.688. The standard InChI is InChI=1S/C33H37NO2Si/c1-21(2)37(22(3)4)33-28(32(36-37)26-16-12-9-13-17-26)20-29(34-30(33)25-14-10-8-11-15-25)27-18-23(5)31(35-7)24(6)19-27/h8-22,32H,1-7H3/t32-/m0/s1. The second-order valence-electron chi connectivity index (χ2n) is 10.8. The zero-order valence-electron chi connectivity index (χ0n) is 23.0. The van der Waals surface area contributed by atoms with Crippen LogP contribution in [0.2, 0.25) is 11.1 Å². The van der Waals surface area contributed by atoms with Gasteiger partial charge in [-0.3, -0.25) is 0 Å². The highest BCUT2D eigenvalue weighted by Crippen LogP contribution is 2.48. The molecule has 1 aliphatic rings. The van der Waals surface area contributed by atoms with Crippen molar-refractivity contribution in [2.45, 2.75) is 58.7 Å². The van der Waals surface area contributed by atoms with E-state index in [4.69, 9.17) is 14.1 Å². The highest BCUT2D eigenvalue weighted by molar-refractivity contribution is 6.91. The number of fused-ring (bicyclic) bond motifs is 1. The van der Waals surface area contributed by atoms with E-state index in [-0.39, 0.29) is 6.10 Å². The number of ether oxygens (including phenoxy) is 1. The summed E-state index contributed by atoms with van der Waals surface area (Å²) in [5, 5.41) is 1.36. The Balaban J connectivity index is 1.86. The first kappa shape index (κ1) is 25.4. The van der Waals surface area contributed by atoms with Gasteiger partial charge in [0.2, 0.25) is 8.32 Å². The van der Waals surface area contributed by atoms with Crippen LogP contribution < -0.4 is 9.92 Å². The molecule has 1 aromatic heterocycles. The number of aryl methyl sites for hydroxylation is 2. The molecule has 0 N–H and O–H groups in total. The molecule has 0 saturated heterocycles. The minimum Gasteiger partial charge on any atom is -0.496 e. The lowest BCUT2D eigenvalue weighted by Gasteiger charge is -2.36. The lowest BCUT2D eigenvalue weighted by atomic mass is 9.96. The highest BCUT2D eigenvalue weighted by atomic mass is 28.4. The van der Waals surface area contributed by atoms with E-state index in [0.717, 1.165) is 39.4 Å². The number of nitrogens with zero attached hydrogens (tertiary/aromatic N) is 1. The van der Waals surface area contributed by atoms with Crippen molar-refractivity contribution in [3.63, 3.8) is 0 Å². The molecular formula is C33H37NO2Si. The maximum absolute atomic E-state index is 7.34. The van der Waals surface area contributed by atoms with Crippen LogP contribution in [0.15, 0.2) is 78.9 Å². The summed E-state index contributed by atoms with van der Waals surface area (Å²) in [6.45, 7) is 13.5. The molecule has 0 radical (unpaired) electrons. The SMILES string of the molecule is COc1c(C)cc(-c2cc3c(c(-c4ccccc4)n2)[Si](C(C)C)(C(C)C)O[C@H]3c2ccccc2)cc1C. The monoisotopic (exact) mass is 507 g/mol. The molecule has 0 amide bonds. The summed E-state index contributed by atoms with van der Waals surface area (Å²) in [5.41, 5.74) is 9.83. The minimum absolute atomic E-state index is 0.0997. The number of hydrogen-bond acceptors (Lipinski definition) is 3. The average Bonchev–Trinajstić information content (AvgIpc) is 3.26. The van der Waals surface area contributed by atoms with Crippen LogP contribution in [0.5, 0.6) is 5.75 Å². The van der Waals surface area contributed by atoms with Crippen molar-refractivity contribution in [3.05, 3.63) is 101 Å². The van der Waals surface area contributed by atoms with Gasteiger partial charge in [0.25, 0.3) is 0 Å². The van der Waals surface area contributed by atoms with E-state index in [9.17, 15) is 0 Å². The number of aromatic nitrogens is 1. The number of methoxy groups -OCH3 is 1. The summed E-state index contributed by atoms with van der Waals surface area (Å²) in [6.07, 6.45) is -0.0997. The van der Waals surface area contributed by atoms with Crippen molar-refractivity contribution in [2.75, 3.05) is 7.11 Å². The molecule has 0 saturated carbocycles. The summed E-state index contributed by atoms with van der Waals surface area (Å²) >= 11 is 0. The Labute approximate surface area is 222 Å². The Morgan fingerprint density at radius 3 is 1.89 bits per heavy atom. The Kier molecular flexibility index (Phi) is 6.82. The van der Waals surface area contributed by atoms with E-state index < -0.39 is 8.32 Å². The van der Waals surface area contributed by atoms with Gasteiger partial charge in [-0.2, -0.15) is 0 Å². The van der Waals surface area contributed by atoms with Crippen LogP contribution >= 0.6 is 0 Å². The lowest BCUT2D eigenvalue weighted by molar-refractivity contribution is 0.243. The average molecular weight is 508 g/mol. The van der Waals surface area contributed by atoms with Crippen LogP contribution in [0.25, 0.3) is 22.5 Å². The third kappa shape index (κ3) is 4.22. The van der Waals surface area contributed by atoms with Crippen molar-refractivity contribution < 1.29 is 9.16 Å². The summed E-state index contributed by atoms with van der Waals surface area (Å²) in [4.78, 5) is 5.42. The lowest BCUT2D eigenvalue weighted by Crippen LogP contribution is -2.53. The molecule has 0 bridgehead atoms. The Morgan fingerprint density at radius 1 is 0.784 bits per heavy atom. The smallest absolute Gasteiger partial charge is 0.233 e. The van der Waals surface area contributed by atoms with Gasteiger partial charge in [-0.1, -0.05) is 88.4 Å². The number of rotatable bonds is 6. The maximum atomic E-state index is 7.34. The van der Waals surface area contributed by atoms with E-state index in [0.29, 0.717) is 11.1 Å². The molecule has 37 heavy (non-hydrogen) atoms. The molecule has 0 unspecified atom stereocenters. The molecule has 2 heterocycles. The first-order valence-corrected chi connectivity index (χ1v) is 15.3. The molecule has 0 fully saturated rings. The fraction of sp³-hybridized carbons (Fsp3) is 0.303. The van der Waals surface area contributed by atoms with Crippen LogP contribution in [-0.2, 0) is 4.43 Å². The summed E-state index contributed by atoms with van der Waals surface area (Å²) < 4.78 is 13.0. The Hall–Kier alpha value is -3.21. The Bertz CT molecular complexity index is 1380. The molecule has 3 aromatic carbocycles. The van der Waals surface area contributed by atoms with Crippen LogP contribution in [-0.4, -0.2) is 20.4 Å². The van der Waals surface area contributed by atoms with Gasteiger partial charge in [-0.15, -0.1) is 0 Å². The van der Waals surface area contributed by atoms with Gasteiger partial charge in [0.05, 0.1) is 24.6 Å². The molecule has 4 aromatic rings. The molecule has 1 atom stereocenters. The zero-order chi connectivity index (χ0) is 26.3. The predicted octanol–water partition coefficient (Wildman–Crippen LogP) is 8.13. The summed E-state index contributed by atoms with van der Waals surface area (Å²) in [6, 6.07) is 28.0. The molecule has 1 aliphatic heterocycles. The normalized spacial score (nSPS) is 16.3. The van der Waals surface area contributed by atoms with Gasteiger partial charge in [-0.25, -0.2) is 4.98 Å². The fourth-order valence-corrected chi connectivity index (χ4v) is 11.3.